The third-order valence-electron chi connectivity index (χ3n) is 5.96. The Morgan fingerprint density at radius 1 is 1.09 bits per heavy atom. The maximum Gasteiger partial charge on any atom is 0.296 e. The number of nitrogens with two attached hydrogens (primary N) is 1. The molecule has 8 nitrogen and oxygen atoms in total. The van der Waals surface area contributed by atoms with E-state index in [2.05, 4.69) is 4.98 Å². The van der Waals surface area contributed by atoms with Gasteiger partial charge in [-0.3, -0.25) is 19.3 Å². The number of pyridine rings is 1. The molecule has 1 unspecified atom stereocenters. The molecule has 34 heavy (non-hydrogen) atoms. The Hall–Kier alpha value is -4.46. The van der Waals surface area contributed by atoms with Crippen molar-refractivity contribution in [1.82, 2.24) is 4.98 Å². The van der Waals surface area contributed by atoms with Crippen LogP contribution in [-0.4, -0.2) is 23.4 Å². The van der Waals surface area contributed by atoms with Crippen LogP contribution in [0.4, 0.5) is 5.82 Å². The predicted octanol–water partition coefficient (Wildman–Crippen LogP) is 3.42. The normalized spacial score (nSPS) is 14.9. The molecule has 0 saturated carbocycles. The predicted molar refractivity (Wildman–Crippen MR) is 126 cm³/mol. The van der Waals surface area contributed by atoms with Crippen molar-refractivity contribution in [2.45, 2.75) is 19.9 Å². The van der Waals surface area contributed by atoms with Crippen LogP contribution in [0.5, 0.6) is 5.75 Å². The number of amides is 2. The van der Waals surface area contributed by atoms with Gasteiger partial charge in [0.15, 0.2) is 12.0 Å². The first-order valence-electron chi connectivity index (χ1n) is 10.7. The highest BCUT2D eigenvalue weighted by Gasteiger charge is 2.44. The second-order valence-corrected chi connectivity index (χ2v) is 8.20. The number of anilines is 1. The van der Waals surface area contributed by atoms with E-state index in [4.69, 9.17) is 14.9 Å². The van der Waals surface area contributed by atoms with Crippen molar-refractivity contribution < 1.29 is 18.7 Å². The van der Waals surface area contributed by atoms with Crippen molar-refractivity contribution in [1.29, 1.82) is 0 Å². The largest absolute Gasteiger partial charge is 0.484 e. The molecule has 4 aromatic rings. The molecule has 0 radical (unpaired) electrons. The van der Waals surface area contributed by atoms with E-state index in [1.807, 2.05) is 13.8 Å². The van der Waals surface area contributed by atoms with E-state index in [0.29, 0.717) is 28.1 Å². The number of hydrogen-bond acceptors (Lipinski definition) is 6. The van der Waals surface area contributed by atoms with E-state index in [9.17, 15) is 14.4 Å². The molecule has 0 spiro atoms. The number of benzene rings is 2. The molecule has 0 aliphatic carbocycles. The van der Waals surface area contributed by atoms with Crippen LogP contribution in [-0.2, 0) is 4.79 Å². The lowest BCUT2D eigenvalue weighted by Crippen LogP contribution is -2.30. The first kappa shape index (κ1) is 21.4. The van der Waals surface area contributed by atoms with Crippen LogP contribution >= 0.6 is 0 Å². The van der Waals surface area contributed by atoms with Crippen LogP contribution in [0.15, 0.2) is 70.0 Å². The van der Waals surface area contributed by atoms with E-state index in [0.717, 1.165) is 11.1 Å². The van der Waals surface area contributed by atoms with E-state index >= 15 is 0 Å². The zero-order valence-electron chi connectivity index (χ0n) is 18.6. The zero-order chi connectivity index (χ0) is 24.0. The molecule has 0 fully saturated rings. The number of ether oxygens (including phenoxy) is 1. The number of carbonyl (C=O) groups is 2. The fraction of sp³-hybridized carbons (Fsp3) is 0.154. The van der Waals surface area contributed by atoms with Gasteiger partial charge in [0.25, 0.3) is 11.8 Å². The second kappa shape index (κ2) is 8.15. The number of hydrogen-bond donors (Lipinski definition) is 1. The molecule has 2 aromatic carbocycles. The van der Waals surface area contributed by atoms with E-state index in [1.54, 1.807) is 60.8 Å². The lowest BCUT2D eigenvalue weighted by atomic mass is 9.97. The van der Waals surface area contributed by atoms with Gasteiger partial charge in [0.1, 0.15) is 17.2 Å². The lowest BCUT2D eigenvalue weighted by molar-refractivity contribution is -0.119. The molecule has 170 valence electrons. The van der Waals surface area contributed by atoms with Gasteiger partial charge in [-0.1, -0.05) is 18.2 Å². The summed E-state index contributed by atoms with van der Waals surface area (Å²) in [6.07, 6.45) is 1.59. The van der Waals surface area contributed by atoms with Crippen molar-refractivity contribution in [2.24, 2.45) is 5.73 Å². The number of fused-ring (bicyclic) bond motifs is 2. The van der Waals surface area contributed by atoms with Crippen LogP contribution in [0.25, 0.3) is 11.0 Å². The first-order valence-corrected chi connectivity index (χ1v) is 10.7. The number of carbonyl (C=O) groups excluding carboxylic acids is 2. The SMILES string of the molecule is Cc1cc2oc3c(c(=O)c2cc1C)C(c1ccc(OCC(N)=O)cc1)N(c1ccccn1)C3=O. The van der Waals surface area contributed by atoms with Gasteiger partial charge in [-0.15, -0.1) is 0 Å². The quantitative estimate of drug-likeness (QED) is 0.493. The monoisotopic (exact) mass is 455 g/mol. The summed E-state index contributed by atoms with van der Waals surface area (Å²) in [6, 6.07) is 14.9. The Bertz CT molecular complexity index is 1490. The third-order valence-corrected chi connectivity index (χ3v) is 5.96. The van der Waals surface area contributed by atoms with Gasteiger partial charge in [-0.2, -0.15) is 0 Å². The molecule has 3 heterocycles. The summed E-state index contributed by atoms with van der Waals surface area (Å²) in [5, 5.41) is 0.420. The number of nitrogens with zero attached hydrogens (tertiary/aromatic N) is 2. The smallest absolute Gasteiger partial charge is 0.296 e. The summed E-state index contributed by atoms with van der Waals surface area (Å²) in [5.41, 5.74) is 8.10. The molecule has 0 bridgehead atoms. The molecule has 5 rings (SSSR count). The molecule has 2 aromatic heterocycles. The summed E-state index contributed by atoms with van der Waals surface area (Å²) in [6.45, 7) is 3.60. The molecular weight excluding hydrogens is 434 g/mol. The number of aromatic nitrogens is 1. The molecule has 2 amide bonds. The average Bonchev–Trinajstić information content (AvgIpc) is 3.12. The average molecular weight is 455 g/mol. The fourth-order valence-corrected chi connectivity index (χ4v) is 4.18. The second-order valence-electron chi connectivity index (χ2n) is 8.20. The van der Waals surface area contributed by atoms with E-state index in [-0.39, 0.29) is 23.4 Å². The summed E-state index contributed by atoms with van der Waals surface area (Å²) in [5.74, 6) is -0.187. The number of rotatable bonds is 5. The molecule has 8 heteroatoms. The minimum absolute atomic E-state index is 0.00506. The van der Waals surface area contributed by atoms with Gasteiger partial charge in [0.2, 0.25) is 5.76 Å². The summed E-state index contributed by atoms with van der Waals surface area (Å²) < 4.78 is 11.4. The summed E-state index contributed by atoms with van der Waals surface area (Å²) in [7, 11) is 0. The Morgan fingerprint density at radius 2 is 1.82 bits per heavy atom. The van der Waals surface area contributed by atoms with E-state index < -0.39 is 17.9 Å². The highest BCUT2D eigenvalue weighted by atomic mass is 16.5. The van der Waals surface area contributed by atoms with Crippen LogP contribution in [0.3, 0.4) is 0 Å². The standard InChI is InChI=1S/C26H21N3O5/c1-14-11-18-19(12-15(14)2)34-25-22(24(18)31)23(29(26(25)32)21-5-3-4-10-28-21)16-6-8-17(9-7-16)33-13-20(27)30/h3-12,23H,13H2,1-2H3,(H2,27,30). The molecule has 1 atom stereocenters. The Morgan fingerprint density at radius 3 is 2.50 bits per heavy atom. The van der Waals surface area contributed by atoms with Crippen molar-refractivity contribution >= 4 is 28.6 Å². The van der Waals surface area contributed by atoms with Crippen molar-refractivity contribution in [2.75, 3.05) is 11.5 Å². The van der Waals surface area contributed by atoms with Gasteiger partial charge >= 0.3 is 0 Å². The maximum absolute atomic E-state index is 13.7. The zero-order valence-corrected chi connectivity index (χ0v) is 18.6. The van der Waals surface area contributed by atoms with Crippen molar-refractivity contribution in [3.8, 4) is 5.75 Å². The van der Waals surface area contributed by atoms with Crippen LogP contribution in [0.2, 0.25) is 0 Å². The van der Waals surface area contributed by atoms with Gasteiger partial charge < -0.3 is 14.9 Å². The van der Waals surface area contributed by atoms with Crippen LogP contribution in [0, 0.1) is 13.8 Å². The number of aryl methyl sites for hydroxylation is 2. The summed E-state index contributed by atoms with van der Waals surface area (Å²) in [4.78, 5) is 44.1. The van der Waals surface area contributed by atoms with Gasteiger partial charge in [-0.05, 0) is 66.9 Å². The molecule has 0 saturated heterocycles. The number of primary amides is 1. The van der Waals surface area contributed by atoms with E-state index in [1.165, 1.54) is 4.90 Å². The molecular formula is C26H21N3O5. The minimum Gasteiger partial charge on any atom is -0.484 e. The van der Waals surface area contributed by atoms with Crippen LogP contribution in [0.1, 0.15) is 38.9 Å². The Balaban J connectivity index is 1.70. The fourth-order valence-electron chi connectivity index (χ4n) is 4.18. The highest BCUT2D eigenvalue weighted by Crippen LogP contribution is 2.41. The Labute approximate surface area is 194 Å². The molecule has 1 aliphatic rings. The summed E-state index contributed by atoms with van der Waals surface area (Å²) >= 11 is 0. The Kier molecular flexibility index (Phi) is 5.13. The van der Waals surface area contributed by atoms with Crippen molar-refractivity contribution in [3.05, 3.63) is 99.0 Å². The topological polar surface area (TPSA) is 116 Å². The van der Waals surface area contributed by atoms with Crippen LogP contribution < -0.4 is 20.8 Å². The van der Waals surface area contributed by atoms with Crippen molar-refractivity contribution in [3.63, 3.8) is 0 Å². The first-order chi connectivity index (χ1) is 16.3. The minimum atomic E-state index is -0.746. The third kappa shape index (κ3) is 3.49. The highest BCUT2D eigenvalue weighted by molar-refractivity contribution is 6.10. The maximum atomic E-state index is 13.7. The van der Waals surface area contributed by atoms with Gasteiger partial charge in [0.05, 0.1) is 17.0 Å². The lowest BCUT2D eigenvalue weighted by Gasteiger charge is -2.24. The molecule has 2 N–H and O–H groups in total. The van der Waals surface area contributed by atoms with Gasteiger partial charge in [0, 0.05) is 6.20 Å². The molecule has 1 aliphatic heterocycles. The van der Waals surface area contributed by atoms with Gasteiger partial charge in [-0.25, -0.2) is 4.98 Å².